The zero-order valence-corrected chi connectivity index (χ0v) is 12.9. The van der Waals surface area contributed by atoms with Crippen LogP contribution >= 0.6 is 0 Å². The van der Waals surface area contributed by atoms with Crippen LogP contribution in [0, 0.1) is 0 Å². The van der Waals surface area contributed by atoms with Gasteiger partial charge in [0.1, 0.15) is 0 Å². The van der Waals surface area contributed by atoms with Crippen molar-refractivity contribution in [3.8, 4) is 0 Å². The van der Waals surface area contributed by atoms with Gasteiger partial charge >= 0.3 is 6.03 Å². The molecule has 2 fully saturated rings. The largest absolute Gasteiger partial charge is 0.373 e. The highest BCUT2D eigenvalue weighted by Crippen LogP contribution is 2.23. The molecule has 3 N–H and O–H groups in total. The lowest BCUT2D eigenvalue weighted by molar-refractivity contribution is 0.0442. The maximum atomic E-state index is 12.2. The van der Waals surface area contributed by atoms with Gasteiger partial charge in [-0.15, -0.1) is 0 Å². The average molecular weight is 303 g/mol. The molecule has 5 heteroatoms. The third-order valence-corrected chi connectivity index (χ3v) is 4.55. The van der Waals surface area contributed by atoms with Gasteiger partial charge in [0.05, 0.1) is 12.7 Å². The lowest BCUT2D eigenvalue weighted by Gasteiger charge is -2.20. The van der Waals surface area contributed by atoms with E-state index < -0.39 is 0 Å². The third-order valence-electron chi connectivity index (χ3n) is 4.55. The summed E-state index contributed by atoms with van der Waals surface area (Å²) in [6, 6.07) is 10.6. The molecule has 2 unspecified atom stereocenters. The minimum absolute atomic E-state index is 0.0293. The van der Waals surface area contributed by atoms with Crippen LogP contribution in [0.15, 0.2) is 30.3 Å². The molecular weight excluding hydrogens is 278 g/mol. The van der Waals surface area contributed by atoms with Gasteiger partial charge in [-0.1, -0.05) is 30.3 Å². The van der Waals surface area contributed by atoms with E-state index in [-0.39, 0.29) is 24.2 Å². The second-order valence-electron chi connectivity index (χ2n) is 6.37. The Bertz CT molecular complexity index is 494. The number of carbonyl (C=O) groups excluding carboxylic acids is 1. The molecule has 0 radical (unpaired) electrons. The molecule has 0 spiro atoms. The SMILES string of the molecule is N[C@@H]1CCN(C(=O)NC2CCC(OCc3ccccc3)C2)C1. The fourth-order valence-corrected chi connectivity index (χ4v) is 3.25. The smallest absolute Gasteiger partial charge is 0.317 e. The first-order chi connectivity index (χ1) is 10.7. The van der Waals surface area contributed by atoms with E-state index >= 15 is 0 Å². The molecule has 1 aliphatic heterocycles. The van der Waals surface area contributed by atoms with Crippen LogP contribution in [0.3, 0.4) is 0 Å². The summed E-state index contributed by atoms with van der Waals surface area (Å²) in [6.07, 6.45) is 4.05. The van der Waals surface area contributed by atoms with Crippen molar-refractivity contribution in [2.45, 2.75) is 50.5 Å². The van der Waals surface area contributed by atoms with Crippen LogP contribution in [0.25, 0.3) is 0 Å². The zero-order chi connectivity index (χ0) is 15.4. The maximum absolute atomic E-state index is 12.2. The first-order valence-corrected chi connectivity index (χ1v) is 8.17. The summed E-state index contributed by atoms with van der Waals surface area (Å²) in [5, 5.41) is 3.12. The van der Waals surface area contributed by atoms with Crippen molar-refractivity contribution in [1.29, 1.82) is 0 Å². The Hall–Kier alpha value is -1.59. The molecule has 3 atom stereocenters. The monoisotopic (exact) mass is 303 g/mol. The number of benzene rings is 1. The Balaban J connectivity index is 1.39. The Morgan fingerprint density at radius 1 is 1.27 bits per heavy atom. The minimum atomic E-state index is 0.0293. The highest BCUT2D eigenvalue weighted by Gasteiger charge is 2.29. The van der Waals surface area contributed by atoms with Gasteiger partial charge in [-0.3, -0.25) is 0 Å². The number of ether oxygens (including phenoxy) is 1. The summed E-state index contributed by atoms with van der Waals surface area (Å²) in [5.74, 6) is 0. The predicted molar refractivity (Wildman–Crippen MR) is 85.4 cm³/mol. The first kappa shape index (κ1) is 15.3. The highest BCUT2D eigenvalue weighted by molar-refractivity contribution is 5.75. The van der Waals surface area contributed by atoms with Crippen molar-refractivity contribution in [3.05, 3.63) is 35.9 Å². The molecule has 2 amide bonds. The minimum Gasteiger partial charge on any atom is -0.373 e. The molecule has 1 aromatic carbocycles. The molecule has 5 nitrogen and oxygen atoms in total. The van der Waals surface area contributed by atoms with Gasteiger partial charge in [0.2, 0.25) is 0 Å². The summed E-state index contributed by atoms with van der Waals surface area (Å²) in [6.45, 7) is 2.09. The van der Waals surface area contributed by atoms with Gasteiger partial charge in [0.25, 0.3) is 0 Å². The molecule has 0 bridgehead atoms. The summed E-state index contributed by atoms with van der Waals surface area (Å²) < 4.78 is 5.96. The molecule has 2 aliphatic rings. The number of amides is 2. The molecule has 120 valence electrons. The zero-order valence-electron chi connectivity index (χ0n) is 12.9. The highest BCUT2D eigenvalue weighted by atomic mass is 16.5. The molecular formula is C17H25N3O2. The third kappa shape index (κ3) is 3.99. The number of likely N-dealkylation sites (tertiary alicyclic amines) is 1. The fourth-order valence-electron chi connectivity index (χ4n) is 3.25. The summed E-state index contributed by atoms with van der Waals surface area (Å²) in [4.78, 5) is 14.0. The van der Waals surface area contributed by atoms with Gasteiger partial charge in [0, 0.05) is 25.2 Å². The van der Waals surface area contributed by atoms with E-state index in [0.717, 1.165) is 32.2 Å². The van der Waals surface area contributed by atoms with Crippen molar-refractivity contribution >= 4 is 6.03 Å². The number of nitrogens with one attached hydrogen (secondary N) is 1. The van der Waals surface area contributed by atoms with E-state index in [9.17, 15) is 4.79 Å². The first-order valence-electron chi connectivity index (χ1n) is 8.17. The standard InChI is InChI=1S/C17H25N3O2/c18-14-8-9-20(11-14)17(21)19-15-6-7-16(10-15)22-12-13-4-2-1-3-5-13/h1-5,14-16H,6-12,18H2,(H,19,21)/t14-,15?,16?/m1/s1. The Morgan fingerprint density at radius 2 is 2.09 bits per heavy atom. The number of hydrogen-bond donors (Lipinski definition) is 2. The van der Waals surface area contributed by atoms with E-state index in [1.807, 2.05) is 23.1 Å². The van der Waals surface area contributed by atoms with E-state index in [1.54, 1.807) is 0 Å². The molecule has 1 heterocycles. The quantitative estimate of drug-likeness (QED) is 0.892. The van der Waals surface area contributed by atoms with Gasteiger partial charge in [0.15, 0.2) is 0 Å². The van der Waals surface area contributed by atoms with Crippen LogP contribution in [0.1, 0.15) is 31.2 Å². The van der Waals surface area contributed by atoms with Crippen molar-refractivity contribution in [2.24, 2.45) is 5.73 Å². The number of nitrogens with two attached hydrogens (primary N) is 1. The molecule has 1 aromatic rings. The van der Waals surface area contributed by atoms with Crippen LogP contribution in [0.4, 0.5) is 4.79 Å². The number of carbonyl (C=O) groups is 1. The van der Waals surface area contributed by atoms with Gasteiger partial charge in [-0.25, -0.2) is 4.79 Å². The molecule has 1 aliphatic carbocycles. The van der Waals surface area contributed by atoms with Crippen molar-refractivity contribution in [3.63, 3.8) is 0 Å². The number of urea groups is 1. The van der Waals surface area contributed by atoms with Crippen LogP contribution in [0.5, 0.6) is 0 Å². The second-order valence-corrected chi connectivity index (χ2v) is 6.37. The van der Waals surface area contributed by atoms with E-state index in [1.165, 1.54) is 5.56 Å². The van der Waals surface area contributed by atoms with Crippen LogP contribution in [-0.4, -0.2) is 42.2 Å². The average Bonchev–Trinajstić information content (AvgIpc) is 3.15. The van der Waals surface area contributed by atoms with Crippen molar-refractivity contribution in [2.75, 3.05) is 13.1 Å². The van der Waals surface area contributed by atoms with Crippen LogP contribution in [0.2, 0.25) is 0 Å². The molecule has 1 saturated heterocycles. The maximum Gasteiger partial charge on any atom is 0.317 e. The van der Waals surface area contributed by atoms with Gasteiger partial charge in [-0.05, 0) is 31.2 Å². The van der Waals surface area contributed by atoms with Crippen LogP contribution in [-0.2, 0) is 11.3 Å². The van der Waals surface area contributed by atoms with Gasteiger partial charge < -0.3 is 20.7 Å². The predicted octanol–water partition coefficient (Wildman–Crippen LogP) is 1.87. The summed E-state index contributed by atoms with van der Waals surface area (Å²) in [5.41, 5.74) is 7.04. The van der Waals surface area contributed by atoms with Crippen LogP contribution < -0.4 is 11.1 Å². The topological polar surface area (TPSA) is 67.6 Å². The Morgan fingerprint density at radius 3 is 2.82 bits per heavy atom. The van der Waals surface area contributed by atoms with E-state index in [4.69, 9.17) is 10.5 Å². The molecule has 0 aromatic heterocycles. The number of nitrogens with zero attached hydrogens (tertiary/aromatic N) is 1. The summed E-state index contributed by atoms with van der Waals surface area (Å²) >= 11 is 0. The summed E-state index contributed by atoms with van der Waals surface area (Å²) in [7, 11) is 0. The lowest BCUT2D eigenvalue weighted by atomic mass is 10.2. The molecule has 1 saturated carbocycles. The fraction of sp³-hybridized carbons (Fsp3) is 0.588. The lowest BCUT2D eigenvalue weighted by Crippen LogP contribution is -2.44. The van der Waals surface area contributed by atoms with E-state index in [0.29, 0.717) is 13.2 Å². The second kappa shape index (κ2) is 7.11. The van der Waals surface area contributed by atoms with Crippen molar-refractivity contribution < 1.29 is 9.53 Å². The molecule has 22 heavy (non-hydrogen) atoms. The van der Waals surface area contributed by atoms with Gasteiger partial charge in [-0.2, -0.15) is 0 Å². The Kier molecular flexibility index (Phi) is 4.95. The normalized spacial score (nSPS) is 28.0. The van der Waals surface area contributed by atoms with Crippen molar-refractivity contribution in [1.82, 2.24) is 10.2 Å². The van der Waals surface area contributed by atoms with E-state index in [2.05, 4.69) is 17.4 Å². The number of hydrogen-bond acceptors (Lipinski definition) is 3. The number of rotatable bonds is 4. The Labute approximate surface area is 131 Å². The molecule has 3 rings (SSSR count).